The fourth-order valence-electron chi connectivity index (χ4n) is 2.80. The summed E-state index contributed by atoms with van der Waals surface area (Å²) in [5.74, 6) is -0.955. The number of carbonyl (C=O) groups is 3. The van der Waals surface area contributed by atoms with Gasteiger partial charge in [-0.25, -0.2) is 10.3 Å². The fraction of sp³-hybridized carbons (Fsp3) is 0.261. The molecule has 0 aliphatic carbocycles. The Hall–Kier alpha value is -3.73. The minimum atomic E-state index is -1.05. The molecule has 0 spiro atoms. The van der Waals surface area contributed by atoms with Crippen LogP contribution in [0.2, 0.25) is 0 Å². The summed E-state index contributed by atoms with van der Waals surface area (Å²) in [6, 6.07) is 14.6. The van der Waals surface area contributed by atoms with Gasteiger partial charge in [-0.3, -0.25) is 20.1 Å². The number of nitrogens with one attached hydrogen (secondary N) is 2. The third-order valence-corrected chi connectivity index (χ3v) is 4.26. The van der Waals surface area contributed by atoms with Gasteiger partial charge in [0.2, 0.25) is 0 Å². The molecule has 0 aliphatic rings. The fourth-order valence-corrected chi connectivity index (χ4v) is 2.80. The van der Waals surface area contributed by atoms with Crippen LogP contribution in [0.15, 0.2) is 66.7 Å². The molecule has 0 saturated heterocycles. The second kappa shape index (κ2) is 13.6. The number of hydrogen-bond acceptors (Lipinski definition) is 8. The van der Waals surface area contributed by atoms with Crippen molar-refractivity contribution in [2.45, 2.75) is 19.1 Å². The zero-order valence-corrected chi connectivity index (χ0v) is 18.0. The highest BCUT2D eigenvalue weighted by Crippen LogP contribution is 2.27. The largest absolute Gasteiger partial charge is 0.491 e. The van der Waals surface area contributed by atoms with Crippen LogP contribution in [0, 0.1) is 0 Å². The summed E-state index contributed by atoms with van der Waals surface area (Å²) >= 11 is 0. The molecule has 0 unspecified atom stereocenters. The zero-order valence-electron chi connectivity index (χ0n) is 18.0. The Bertz CT molecular complexity index is 931. The lowest BCUT2D eigenvalue weighted by atomic mass is 10.0. The molecular weight excluding hydrogens is 432 g/mol. The van der Waals surface area contributed by atoms with Crippen molar-refractivity contribution in [1.29, 1.82) is 0 Å². The van der Waals surface area contributed by atoms with Crippen molar-refractivity contribution >= 4 is 17.9 Å². The van der Waals surface area contributed by atoms with E-state index in [4.69, 9.17) is 24.5 Å². The molecule has 176 valence electrons. The second-order valence-corrected chi connectivity index (χ2v) is 6.54. The topological polar surface area (TPSA) is 143 Å². The van der Waals surface area contributed by atoms with Crippen molar-refractivity contribution in [3.63, 3.8) is 0 Å². The number of hydrogen-bond donors (Lipinski definition) is 4. The van der Waals surface area contributed by atoms with Crippen LogP contribution >= 0.6 is 0 Å². The maximum absolute atomic E-state index is 12.5. The summed E-state index contributed by atoms with van der Waals surface area (Å²) in [7, 11) is 0. The van der Waals surface area contributed by atoms with E-state index in [0.717, 1.165) is 6.08 Å². The van der Waals surface area contributed by atoms with Crippen LogP contribution in [0.4, 0.5) is 4.79 Å². The first-order valence-electron chi connectivity index (χ1n) is 10.1. The lowest BCUT2D eigenvalue weighted by molar-refractivity contribution is -0.124. The number of imide groups is 1. The minimum Gasteiger partial charge on any atom is -0.491 e. The van der Waals surface area contributed by atoms with Crippen molar-refractivity contribution in [3.05, 3.63) is 77.9 Å². The Morgan fingerprint density at radius 2 is 1.76 bits per heavy atom. The van der Waals surface area contributed by atoms with Gasteiger partial charge >= 0.3 is 6.09 Å². The van der Waals surface area contributed by atoms with Crippen LogP contribution in [0.3, 0.4) is 0 Å². The Balaban J connectivity index is 2.26. The first-order valence-corrected chi connectivity index (χ1v) is 10.1. The monoisotopic (exact) mass is 458 g/mol. The molecule has 4 N–H and O–H groups in total. The summed E-state index contributed by atoms with van der Waals surface area (Å²) < 4.78 is 16.5. The lowest BCUT2D eigenvalue weighted by Gasteiger charge is -2.25. The highest BCUT2D eigenvalue weighted by Gasteiger charge is 2.27. The van der Waals surface area contributed by atoms with Crippen LogP contribution < -0.4 is 15.5 Å². The number of benzene rings is 2. The molecule has 0 bridgehead atoms. The maximum atomic E-state index is 12.5. The number of hydroxylamine groups is 1. The van der Waals surface area contributed by atoms with Crippen molar-refractivity contribution in [3.8, 4) is 5.75 Å². The third-order valence-electron chi connectivity index (χ3n) is 4.26. The molecule has 0 heterocycles. The van der Waals surface area contributed by atoms with Gasteiger partial charge in [0.05, 0.1) is 6.61 Å². The number of aliphatic hydroxyl groups is 1. The molecule has 3 amide bonds. The molecule has 33 heavy (non-hydrogen) atoms. The number of rotatable bonds is 11. The average Bonchev–Trinajstić information content (AvgIpc) is 2.84. The molecular formula is C23H26N2O8. The Morgan fingerprint density at radius 3 is 2.36 bits per heavy atom. The first kappa shape index (κ1) is 25.5. The highest BCUT2D eigenvalue weighted by atomic mass is 16.6. The van der Waals surface area contributed by atoms with Gasteiger partial charge < -0.3 is 19.3 Å². The van der Waals surface area contributed by atoms with Crippen molar-refractivity contribution in [2.24, 2.45) is 0 Å². The molecule has 2 aromatic carbocycles. The number of aliphatic hydroxyl groups excluding tert-OH is 1. The molecule has 0 saturated carbocycles. The Labute approximate surface area is 190 Å². The van der Waals surface area contributed by atoms with E-state index in [2.05, 4.69) is 5.32 Å². The van der Waals surface area contributed by atoms with Crippen LogP contribution in [0.25, 0.3) is 0 Å². The molecule has 10 heteroatoms. The zero-order chi connectivity index (χ0) is 24.1. The van der Waals surface area contributed by atoms with E-state index in [-0.39, 0.29) is 25.4 Å². The third kappa shape index (κ3) is 8.37. The van der Waals surface area contributed by atoms with E-state index < -0.39 is 30.1 Å². The van der Waals surface area contributed by atoms with Crippen LogP contribution in [-0.4, -0.2) is 54.1 Å². The molecule has 2 aromatic rings. The van der Waals surface area contributed by atoms with Crippen molar-refractivity contribution < 1.29 is 38.9 Å². The normalized spacial score (nSPS) is 12.6. The minimum absolute atomic E-state index is 0.115. The number of amides is 3. The molecule has 2 atom stereocenters. The van der Waals surface area contributed by atoms with E-state index in [9.17, 15) is 14.4 Å². The van der Waals surface area contributed by atoms with Crippen LogP contribution in [0.1, 0.15) is 28.9 Å². The predicted octanol–water partition coefficient (Wildman–Crippen LogP) is 2.13. The van der Waals surface area contributed by atoms with E-state index in [1.165, 1.54) is 11.6 Å². The standard InChI is InChI=1S/C23H26N2O8/c1-2-31-19(12-13-20(27)25-30)21(16-8-10-18(11-9-16)32-15-14-26)33-23(29)24-22(28)17-6-4-3-5-7-17/h3-13,19,21,26,30H,2,14-15H2,1H3,(H,25,27)(H,24,28,29)/b13-12+/t19-,21-/m0/s1. The molecule has 2 rings (SSSR count). The van der Waals surface area contributed by atoms with Gasteiger partial charge in [0.25, 0.3) is 11.8 Å². The van der Waals surface area contributed by atoms with E-state index in [0.29, 0.717) is 11.3 Å². The van der Waals surface area contributed by atoms with Crippen LogP contribution in [0.5, 0.6) is 5.75 Å². The lowest BCUT2D eigenvalue weighted by Crippen LogP contribution is -2.35. The van der Waals surface area contributed by atoms with Gasteiger partial charge in [0, 0.05) is 18.2 Å². The molecule has 0 radical (unpaired) electrons. The summed E-state index contributed by atoms with van der Waals surface area (Å²) in [5.41, 5.74) is 2.23. The number of alkyl carbamates (subject to hydrolysis) is 1. The van der Waals surface area contributed by atoms with Crippen LogP contribution in [-0.2, 0) is 14.3 Å². The van der Waals surface area contributed by atoms with E-state index >= 15 is 0 Å². The SMILES string of the molecule is CCO[C@@H](/C=C/C(=O)NO)[C@@H](OC(=O)NC(=O)c1ccccc1)c1ccc(OCCO)cc1. The maximum Gasteiger partial charge on any atom is 0.414 e. The summed E-state index contributed by atoms with van der Waals surface area (Å²) in [5, 5.41) is 19.8. The quantitative estimate of drug-likeness (QED) is 0.228. The predicted molar refractivity (Wildman–Crippen MR) is 117 cm³/mol. The molecule has 0 fully saturated rings. The van der Waals surface area contributed by atoms with Gasteiger partial charge in [-0.15, -0.1) is 0 Å². The second-order valence-electron chi connectivity index (χ2n) is 6.54. The molecule has 0 aliphatic heterocycles. The van der Waals surface area contributed by atoms with Crippen molar-refractivity contribution in [1.82, 2.24) is 10.8 Å². The van der Waals surface area contributed by atoms with Gasteiger partial charge in [-0.2, -0.15) is 0 Å². The summed E-state index contributed by atoms with van der Waals surface area (Å²) in [6.07, 6.45) is -0.638. The Morgan fingerprint density at radius 1 is 1.06 bits per heavy atom. The number of ether oxygens (including phenoxy) is 3. The van der Waals surface area contributed by atoms with Gasteiger partial charge in [0.15, 0.2) is 6.10 Å². The van der Waals surface area contributed by atoms with E-state index in [1.807, 2.05) is 0 Å². The molecule has 0 aromatic heterocycles. The summed E-state index contributed by atoms with van der Waals surface area (Å²) in [6.45, 7) is 1.91. The Kier molecular flexibility index (Phi) is 10.5. The molecule has 10 nitrogen and oxygen atoms in total. The van der Waals surface area contributed by atoms with E-state index in [1.54, 1.807) is 61.5 Å². The number of carbonyl (C=O) groups excluding carboxylic acids is 3. The van der Waals surface area contributed by atoms with Crippen molar-refractivity contribution in [2.75, 3.05) is 19.8 Å². The average molecular weight is 458 g/mol. The first-order chi connectivity index (χ1) is 16.0. The van der Waals surface area contributed by atoms with Gasteiger partial charge in [-0.1, -0.05) is 30.3 Å². The summed E-state index contributed by atoms with van der Waals surface area (Å²) in [4.78, 5) is 36.3. The van der Waals surface area contributed by atoms with Gasteiger partial charge in [0.1, 0.15) is 18.5 Å². The van der Waals surface area contributed by atoms with Gasteiger partial charge in [-0.05, 0) is 42.8 Å². The smallest absolute Gasteiger partial charge is 0.414 e. The highest BCUT2D eigenvalue weighted by molar-refractivity contribution is 6.02.